The summed E-state index contributed by atoms with van der Waals surface area (Å²) in [5, 5.41) is 0. The first-order chi connectivity index (χ1) is 9.53. The van der Waals surface area contributed by atoms with Crippen LogP contribution in [0, 0.1) is 43.9 Å². The molecule has 4 aliphatic carbocycles. The highest BCUT2D eigenvalue weighted by molar-refractivity contribution is 5.37. The summed E-state index contributed by atoms with van der Waals surface area (Å²) in [7, 11) is 0. The van der Waals surface area contributed by atoms with E-state index >= 15 is 0 Å². The monoisotopic (exact) mass is 268 g/mol. The van der Waals surface area contributed by atoms with Gasteiger partial charge < -0.3 is 0 Å². The fourth-order valence-corrected chi connectivity index (χ4v) is 6.12. The summed E-state index contributed by atoms with van der Waals surface area (Å²) in [6, 6.07) is 4.90. The molecule has 0 aromatic heterocycles. The highest BCUT2D eigenvalue weighted by Crippen LogP contribution is 2.61. The Morgan fingerprint density at radius 1 is 0.800 bits per heavy atom. The van der Waals surface area contributed by atoms with E-state index in [2.05, 4.69) is 32.9 Å². The van der Waals surface area contributed by atoms with Crippen molar-refractivity contribution < 1.29 is 0 Å². The van der Waals surface area contributed by atoms with Gasteiger partial charge in [-0.2, -0.15) is 0 Å². The third-order valence-electron chi connectivity index (χ3n) is 6.68. The van der Waals surface area contributed by atoms with Crippen LogP contribution in [0.25, 0.3) is 0 Å². The molecule has 0 aliphatic heterocycles. The van der Waals surface area contributed by atoms with E-state index in [9.17, 15) is 0 Å². The molecular weight excluding hydrogens is 240 g/mol. The second kappa shape index (κ2) is 4.36. The molecule has 1 aromatic rings. The van der Waals surface area contributed by atoms with Crippen molar-refractivity contribution in [2.75, 3.05) is 0 Å². The molecule has 4 aliphatic rings. The number of aryl methyl sites for hydroxylation is 3. The third-order valence-corrected chi connectivity index (χ3v) is 6.68. The van der Waals surface area contributed by atoms with E-state index in [1.54, 1.807) is 24.8 Å². The maximum atomic E-state index is 2.49. The van der Waals surface area contributed by atoms with Crippen molar-refractivity contribution in [2.24, 2.45) is 23.2 Å². The van der Waals surface area contributed by atoms with Crippen LogP contribution in [0.5, 0.6) is 0 Å². The van der Waals surface area contributed by atoms with Crippen LogP contribution in [-0.4, -0.2) is 0 Å². The van der Waals surface area contributed by atoms with Gasteiger partial charge in [0.1, 0.15) is 0 Å². The lowest BCUT2D eigenvalue weighted by Gasteiger charge is -2.57. The van der Waals surface area contributed by atoms with Gasteiger partial charge in [0.25, 0.3) is 0 Å². The Morgan fingerprint density at radius 3 is 1.85 bits per heavy atom. The van der Waals surface area contributed by atoms with Crippen LogP contribution in [0.4, 0.5) is 0 Å². The lowest BCUT2D eigenvalue weighted by atomic mass is 9.48. The van der Waals surface area contributed by atoms with Crippen molar-refractivity contribution in [2.45, 2.75) is 65.7 Å². The lowest BCUT2D eigenvalue weighted by Crippen LogP contribution is -2.47. The second-order valence-corrected chi connectivity index (χ2v) is 8.46. The summed E-state index contributed by atoms with van der Waals surface area (Å²) in [4.78, 5) is 0. The molecule has 0 saturated heterocycles. The van der Waals surface area contributed by atoms with Gasteiger partial charge in [-0.3, -0.25) is 0 Å². The quantitative estimate of drug-likeness (QED) is 0.676. The van der Waals surface area contributed by atoms with E-state index < -0.39 is 0 Å². The first-order valence-electron chi connectivity index (χ1n) is 8.60. The standard InChI is InChI=1S/C20H28/c1-13-4-15(3)19(5-14(13)2)12-20-9-16-6-17(10-20)8-18(7-16)11-20/h4-5,16-18H,6-12H2,1-3H3. The lowest BCUT2D eigenvalue weighted by molar-refractivity contribution is -0.0522. The maximum absolute atomic E-state index is 2.49. The van der Waals surface area contributed by atoms with E-state index in [4.69, 9.17) is 0 Å². The van der Waals surface area contributed by atoms with E-state index in [0.29, 0.717) is 5.41 Å². The molecular formula is C20H28. The predicted molar refractivity (Wildman–Crippen MR) is 85.0 cm³/mol. The van der Waals surface area contributed by atoms with Crippen molar-refractivity contribution in [1.29, 1.82) is 0 Å². The van der Waals surface area contributed by atoms with Crippen LogP contribution in [0.3, 0.4) is 0 Å². The summed E-state index contributed by atoms with van der Waals surface area (Å²) < 4.78 is 0. The molecule has 0 unspecified atom stereocenters. The van der Waals surface area contributed by atoms with E-state index in [-0.39, 0.29) is 0 Å². The highest BCUT2D eigenvalue weighted by atomic mass is 14.6. The van der Waals surface area contributed by atoms with Crippen molar-refractivity contribution in [3.05, 3.63) is 34.4 Å². The maximum Gasteiger partial charge on any atom is -0.0219 e. The molecule has 108 valence electrons. The molecule has 0 amide bonds. The van der Waals surface area contributed by atoms with E-state index in [1.807, 2.05) is 0 Å². The average molecular weight is 268 g/mol. The van der Waals surface area contributed by atoms with Crippen molar-refractivity contribution in [3.63, 3.8) is 0 Å². The summed E-state index contributed by atoms with van der Waals surface area (Å²) in [5.74, 6) is 3.23. The Bertz CT molecular complexity index is 502. The zero-order valence-electron chi connectivity index (χ0n) is 13.3. The summed E-state index contributed by atoms with van der Waals surface area (Å²) in [5.41, 5.74) is 6.80. The van der Waals surface area contributed by atoms with Gasteiger partial charge in [-0.1, -0.05) is 12.1 Å². The molecule has 0 spiro atoms. The Hall–Kier alpha value is -0.780. The molecule has 0 heteroatoms. The predicted octanol–water partition coefficient (Wildman–Crippen LogP) is 5.37. The Kier molecular flexibility index (Phi) is 2.81. The minimum absolute atomic E-state index is 0.682. The van der Waals surface area contributed by atoms with Gasteiger partial charge in [-0.05, 0) is 111 Å². The zero-order chi connectivity index (χ0) is 13.9. The minimum atomic E-state index is 0.682. The molecule has 0 N–H and O–H groups in total. The SMILES string of the molecule is Cc1cc(C)c(CC23CC4CC(CC(C4)C2)C3)cc1C. The molecule has 0 atom stereocenters. The summed E-state index contributed by atoms with van der Waals surface area (Å²) >= 11 is 0. The Labute approximate surface area is 124 Å². The number of hydrogen-bond acceptors (Lipinski definition) is 0. The second-order valence-electron chi connectivity index (χ2n) is 8.46. The van der Waals surface area contributed by atoms with Gasteiger partial charge in [0, 0.05) is 0 Å². The van der Waals surface area contributed by atoms with Crippen molar-refractivity contribution in [1.82, 2.24) is 0 Å². The summed E-state index contributed by atoms with van der Waals surface area (Å²) in [6.07, 6.45) is 10.6. The first kappa shape index (κ1) is 12.9. The normalized spacial score (nSPS) is 38.5. The van der Waals surface area contributed by atoms with Gasteiger partial charge in [0.15, 0.2) is 0 Å². The number of hydrogen-bond donors (Lipinski definition) is 0. The molecule has 5 rings (SSSR count). The van der Waals surface area contributed by atoms with E-state index in [1.165, 1.54) is 42.4 Å². The van der Waals surface area contributed by atoms with Crippen LogP contribution in [0.1, 0.15) is 60.8 Å². The minimum Gasteiger partial charge on any atom is -0.0558 e. The van der Waals surface area contributed by atoms with Crippen LogP contribution in [0.15, 0.2) is 12.1 Å². The van der Waals surface area contributed by atoms with E-state index in [0.717, 1.165) is 17.8 Å². The molecule has 4 bridgehead atoms. The Balaban J connectivity index is 1.64. The summed E-state index contributed by atoms with van der Waals surface area (Å²) in [6.45, 7) is 6.84. The smallest absolute Gasteiger partial charge is 0.0219 e. The molecule has 0 heterocycles. The topological polar surface area (TPSA) is 0 Å². The first-order valence-corrected chi connectivity index (χ1v) is 8.60. The van der Waals surface area contributed by atoms with Gasteiger partial charge in [-0.25, -0.2) is 0 Å². The molecule has 4 fully saturated rings. The highest BCUT2D eigenvalue weighted by Gasteiger charge is 2.50. The number of rotatable bonds is 2. The van der Waals surface area contributed by atoms with Gasteiger partial charge in [-0.15, -0.1) is 0 Å². The molecule has 1 aromatic carbocycles. The Morgan fingerprint density at radius 2 is 1.30 bits per heavy atom. The average Bonchev–Trinajstić information content (AvgIpc) is 2.34. The largest absolute Gasteiger partial charge is 0.0558 e. The fraction of sp³-hybridized carbons (Fsp3) is 0.700. The molecule has 0 nitrogen and oxygen atoms in total. The van der Waals surface area contributed by atoms with Crippen LogP contribution >= 0.6 is 0 Å². The van der Waals surface area contributed by atoms with Crippen LogP contribution in [-0.2, 0) is 6.42 Å². The van der Waals surface area contributed by atoms with Gasteiger partial charge >= 0.3 is 0 Å². The van der Waals surface area contributed by atoms with Crippen molar-refractivity contribution >= 4 is 0 Å². The van der Waals surface area contributed by atoms with Crippen LogP contribution in [0.2, 0.25) is 0 Å². The van der Waals surface area contributed by atoms with Crippen molar-refractivity contribution in [3.8, 4) is 0 Å². The third kappa shape index (κ3) is 2.03. The van der Waals surface area contributed by atoms with Crippen LogP contribution < -0.4 is 0 Å². The molecule has 4 saturated carbocycles. The molecule has 20 heavy (non-hydrogen) atoms. The molecule has 0 radical (unpaired) electrons. The van der Waals surface area contributed by atoms with Gasteiger partial charge in [0.05, 0.1) is 0 Å². The number of benzene rings is 1. The fourth-order valence-electron chi connectivity index (χ4n) is 6.12. The zero-order valence-corrected chi connectivity index (χ0v) is 13.3. The van der Waals surface area contributed by atoms with Gasteiger partial charge in [0.2, 0.25) is 0 Å².